The summed E-state index contributed by atoms with van der Waals surface area (Å²) in [6.07, 6.45) is 0.734. The number of carbonyl (C=O) groups is 1. The van der Waals surface area contributed by atoms with E-state index in [2.05, 4.69) is 10.2 Å². The van der Waals surface area contributed by atoms with E-state index in [1.54, 1.807) is 4.90 Å². The zero-order valence-electron chi connectivity index (χ0n) is 12.9. The molecule has 7 heteroatoms. The van der Waals surface area contributed by atoms with Crippen LogP contribution in [-0.4, -0.2) is 61.0 Å². The average molecular weight is 346 g/mol. The average Bonchev–Trinajstić information content (AvgIpc) is 3.02. The van der Waals surface area contributed by atoms with Gasteiger partial charge in [-0.1, -0.05) is 6.07 Å². The second kappa shape index (κ2) is 8.04. The van der Waals surface area contributed by atoms with E-state index in [0.29, 0.717) is 19.1 Å². The van der Waals surface area contributed by atoms with Gasteiger partial charge in [-0.3, -0.25) is 9.69 Å². The van der Waals surface area contributed by atoms with Crippen molar-refractivity contribution in [2.24, 2.45) is 0 Å². The van der Waals surface area contributed by atoms with E-state index in [1.165, 1.54) is 18.2 Å². The molecule has 2 aliphatic heterocycles. The number of nitrogens with one attached hydrogen (secondary N) is 1. The highest BCUT2D eigenvalue weighted by Crippen LogP contribution is 2.19. The fourth-order valence-electron chi connectivity index (χ4n) is 3.28. The third-order valence-corrected chi connectivity index (χ3v) is 4.57. The normalized spacial score (nSPS) is 22.0. The lowest BCUT2D eigenvalue weighted by Crippen LogP contribution is -2.49. The van der Waals surface area contributed by atoms with Crippen LogP contribution in [0.25, 0.3) is 0 Å². The Balaban J connectivity index is 0.00000192. The van der Waals surface area contributed by atoms with Gasteiger partial charge in [-0.05, 0) is 18.6 Å². The molecule has 1 aromatic rings. The van der Waals surface area contributed by atoms with Gasteiger partial charge in [-0.2, -0.15) is 0 Å². The molecule has 2 fully saturated rings. The summed E-state index contributed by atoms with van der Waals surface area (Å²) in [6, 6.07) is 4.07. The molecule has 23 heavy (non-hydrogen) atoms. The van der Waals surface area contributed by atoms with Crippen LogP contribution >= 0.6 is 12.4 Å². The Hall–Kier alpha value is -1.24. The molecule has 4 nitrogen and oxygen atoms in total. The summed E-state index contributed by atoms with van der Waals surface area (Å²) in [6.45, 7) is 5.28. The minimum Gasteiger partial charge on any atom is -0.341 e. The molecule has 0 bridgehead atoms. The fraction of sp³-hybridized carbons (Fsp3) is 0.562. The Morgan fingerprint density at radius 3 is 2.48 bits per heavy atom. The quantitative estimate of drug-likeness (QED) is 0.900. The number of piperazine rings is 1. The highest BCUT2D eigenvalue weighted by Gasteiger charge is 2.31. The number of rotatable bonds is 3. The highest BCUT2D eigenvalue weighted by molar-refractivity contribution is 5.85. The van der Waals surface area contributed by atoms with Crippen LogP contribution in [0.3, 0.4) is 0 Å². The van der Waals surface area contributed by atoms with Gasteiger partial charge in [0.15, 0.2) is 0 Å². The summed E-state index contributed by atoms with van der Waals surface area (Å²) < 4.78 is 27.3. The second-order valence-corrected chi connectivity index (χ2v) is 5.95. The summed E-state index contributed by atoms with van der Waals surface area (Å²) in [5.74, 6) is -1.49. The molecule has 1 unspecified atom stereocenters. The molecule has 1 amide bonds. The van der Waals surface area contributed by atoms with Crippen molar-refractivity contribution in [1.82, 2.24) is 15.1 Å². The summed E-state index contributed by atoms with van der Waals surface area (Å²) >= 11 is 0. The molecule has 0 radical (unpaired) electrons. The smallest absolute Gasteiger partial charge is 0.227 e. The first-order chi connectivity index (χ1) is 10.6. The van der Waals surface area contributed by atoms with Crippen LogP contribution in [0.15, 0.2) is 18.2 Å². The molecule has 0 aliphatic carbocycles. The Kier molecular flexibility index (Phi) is 6.33. The molecule has 128 valence electrons. The zero-order valence-corrected chi connectivity index (χ0v) is 13.7. The number of hydrogen-bond acceptors (Lipinski definition) is 3. The molecule has 1 N–H and O–H groups in total. The van der Waals surface area contributed by atoms with Gasteiger partial charge < -0.3 is 10.2 Å². The van der Waals surface area contributed by atoms with Gasteiger partial charge in [0, 0.05) is 50.9 Å². The largest absolute Gasteiger partial charge is 0.341 e. The molecule has 3 rings (SSSR count). The number of benzene rings is 1. The molecule has 1 atom stereocenters. The highest BCUT2D eigenvalue weighted by atomic mass is 35.5. The van der Waals surface area contributed by atoms with Crippen LogP contribution in [0.5, 0.6) is 0 Å². The third kappa shape index (κ3) is 4.19. The van der Waals surface area contributed by atoms with Crippen molar-refractivity contribution >= 4 is 18.3 Å². The molecular formula is C16H22ClF2N3O. The predicted molar refractivity (Wildman–Crippen MR) is 86.7 cm³/mol. The first kappa shape index (κ1) is 18.1. The second-order valence-electron chi connectivity index (χ2n) is 5.95. The molecule has 0 saturated carbocycles. The number of carbonyl (C=O) groups excluding carboxylic acids is 1. The van der Waals surface area contributed by atoms with Crippen molar-refractivity contribution in [3.8, 4) is 0 Å². The lowest BCUT2D eigenvalue weighted by atomic mass is 10.1. The van der Waals surface area contributed by atoms with Crippen LogP contribution in [-0.2, 0) is 11.2 Å². The molecule has 0 spiro atoms. The third-order valence-electron chi connectivity index (χ3n) is 4.57. The SMILES string of the molecule is Cl.O=C(Cc1c(F)cccc1F)N1CCC(N2CCNCC2)C1. The maximum Gasteiger partial charge on any atom is 0.227 e. The fourth-order valence-corrected chi connectivity index (χ4v) is 3.28. The summed E-state index contributed by atoms with van der Waals surface area (Å²) in [7, 11) is 0. The zero-order chi connectivity index (χ0) is 15.5. The van der Waals surface area contributed by atoms with E-state index in [9.17, 15) is 13.6 Å². The number of halogens is 3. The standard InChI is InChI=1S/C16H21F2N3O.ClH/c17-14-2-1-3-15(18)13(14)10-16(22)21-7-4-12(11-21)20-8-5-19-6-9-20;/h1-3,12,19H,4-11H2;1H. The lowest BCUT2D eigenvalue weighted by molar-refractivity contribution is -0.129. The van der Waals surface area contributed by atoms with E-state index in [-0.39, 0.29) is 30.3 Å². The molecule has 2 aliphatic rings. The number of amides is 1. The van der Waals surface area contributed by atoms with Crippen molar-refractivity contribution in [3.05, 3.63) is 35.4 Å². The van der Waals surface area contributed by atoms with E-state index in [0.717, 1.165) is 32.6 Å². The summed E-state index contributed by atoms with van der Waals surface area (Å²) in [4.78, 5) is 16.4. The van der Waals surface area contributed by atoms with Crippen molar-refractivity contribution in [2.45, 2.75) is 18.9 Å². The topological polar surface area (TPSA) is 35.6 Å². The van der Waals surface area contributed by atoms with E-state index >= 15 is 0 Å². The van der Waals surface area contributed by atoms with E-state index < -0.39 is 11.6 Å². The van der Waals surface area contributed by atoms with Crippen molar-refractivity contribution < 1.29 is 13.6 Å². The minimum absolute atomic E-state index is 0. The van der Waals surface area contributed by atoms with Crippen LogP contribution in [0.2, 0.25) is 0 Å². The monoisotopic (exact) mass is 345 g/mol. The van der Waals surface area contributed by atoms with Crippen molar-refractivity contribution in [1.29, 1.82) is 0 Å². The molecule has 2 saturated heterocycles. The van der Waals surface area contributed by atoms with Gasteiger partial charge in [0.1, 0.15) is 11.6 Å². The Morgan fingerprint density at radius 2 is 1.83 bits per heavy atom. The van der Waals surface area contributed by atoms with Gasteiger partial charge in [0.2, 0.25) is 5.91 Å². The maximum absolute atomic E-state index is 13.6. The van der Waals surface area contributed by atoms with Gasteiger partial charge in [0.25, 0.3) is 0 Å². The van der Waals surface area contributed by atoms with Gasteiger partial charge in [-0.15, -0.1) is 12.4 Å². The van der Waals surface area contributed by atoms with Crippen LogP contribution in [0.4, 0.5) is 8.78 Å². The molecule has 1 aromatic carbocycles. The van der Waals surface area contributed by atoms with E-state index in [1.807, 2.05) is 0 Å². The minimum atomic E-state index is -0.647. The predicted octanol–water partition coefficient (Wildman–Crippen LogP) is 1.44. The van der Waals surface area contributed by atoms with Crippen LogP contribution < -0.4 is 5.32 Å². The first-order valence-electron chi connectivity index (χ1n) is 7.80. The number of nitrogens with zero attached hydrogens (tertiary/aromatic N) is 2. The number of hydrogen-bond donors (Lipinski definition) is 1. The Labute approximate surface area is 141 Å². The summed E-state index contributed by atoms with van der Waals surface area (Å²) in [5.41, 5.74) is -0.127. The van der Waals surface area contributed by atoms with E-state index in [4.69, 9.17) is 0 Å². The Bertz CT molecular complexity index is 532. The molecule has 2 heterocycles. The lowest BCUT2D eigenvalue weighted by Gasteiger charge is -2.32. The van der Waals surface area contributed by atoms with Crippen molar-refractivity contribution in [2.75, 3.05) is 39.3 Å². The van der Waals surface area contributed by atoms with Gasteiger partial charge in [-0.25, -0.2) is 8.78 Å². The Morgan fingerprint density at radius 1 is 1.17 bits per heavy atom. The molecule has 0 aromatic heterocycles. The molecular weight excluding hydrogens is 324 g/mol. The first-order valence-corrected chi connectivity index (χ1v) is 7.80. The van der Waals surface area contributed by atoms with Crippen LogP contribution in [0, 0.1) is 11.6 Å². The van der Waals surface area contributed by atoms with Gasteiger partial charge >= 0.3 is 0 Å². The summed E-state index contributed by atoms with van der Waals surface area (Å²) in [5, 5.41) is 3.31. The maximum atomic E-state index is 13.6. The van der Waals surface area contributed by atoms with Crippen molar-refractivity contribution in [3.63, 3.8) is 0 Å². The van der Waals surface area contributed by atoms with Gasteiger partial charge in [0.05, 0.1) is 6.42 Å². The number of likely N-dealkylation sites (tertiary alicyclic amines) is 1. The van der Waals surface area contributed by atoms with Crippen LogP contribution in [0.1, 0.15) is 12.0 Å².